The van der Waals surface area contributed by atoms with Gasteiger partial charge in [-0.05, 0) is 0 Å². The molecule has 0 aromatic heterocycles. The zero-order chi connectivity index (χ0) is 5.86. The fraction of sp³-hybridized carbons (Fsp3) is 0.500. The molecule has 0 rings (SSSR count). The number of carbonyl (C=O) groups is 2. The topological polar surface area (TPSA) is 43.4 Å². The van der Waals surface area contributed by atoms with E-state index in [-0.39, 0.29) is 7.43 Å². The molecule has 0 unspecified atom stereocenters. The van der Waals surface area contributed by atoms with E-state index in [9.17, 15) is 9.59 Å². The highest BCUT2D eigenvalue weighted by molar-refractivity contribution is 9.06. The van der Waals surface area contributed by atoms with Crippen molar-refractivity contribution in [2.75, 3.05) is 0 Å². The lowest BCUT2D eigenvalue weighted by Gasteiger charge is -1.82. The Kier molecular flexibility index (Phi) is 6.31. The van der Waals surface area contributed by atoms with Crippen molar-refractivity contribution in [2.24, 2.45) is 0 Å². The average Bonchev–Trinajstić information content (AvgIpc) is 1.65. The fourth-order valence-corrected chi connectivity index (χ4v) is 0.282. The smallest absolute Gasteiger partial charge is 0.378 e. The summed E-state index contributed by atoms with van der Waals surface area (Å²) in [6, 6.07) is 0. The van der Waals surface area contributed by atoms with E-state index < -0.39 is 11.8 Å². The number of carbonyl (C=O) groups excluding carboxylic acids is 2. The summed E-state index contributed by atoms with van der Waals surface area (Å²) in [4.78, 5) is 19.8. The van der Waals surface area contributed by atoms with E-state index in [1.54, 1.807) is 0 Å². The number of hydrogen-bond donors (Lipinski definition) is 0. The minimum atomic E-state index is -0.875. The first kappa shape index (κ1) is 10.6. The van der Waals surface area contributed by atoms with Gasteiger partial charge >= 0.3 is 5.97 Å². The largest absolute Gasteiger partial charge is 0.385 e. The van der Waals surface area contributed by atoms with Gasteiger partial charge in [0.1, 0.15) is 0 Å². The summed E-state index contributed by atoms with van der Waals surface area (Å²) in [6.07, 6.45) is 0. The maximum Gasteiger partial charge on any atom is 0.385 e. The third-order valence-corrected chi connectivity index (χ3v) is 0.652. The van der Waals surface area contributed by atoms with E-state index in [0.29, 0.717) is 0 Å². The van der Waals surface area contributed by atoms with Crippen molar-refractivity contribution in [3.05, 3.63) is 0 Å². The van der Waals surface area contributed by atoms with Crippen molar-refractivity contribution in [1.82, 2.24) is 0 Å². The van der Waals surface area contributed by atoms with E-state index in [0.717, 1.165) is 6.92 Å². The van der Waals surface area contributed by atoms with Crippen LogP contribution in [0.2, 0.25) is 0 Å². The van der Waals surface area contributed by atoms with Crippen LogP contribution in [0.25, 0.3) is 0 Å². The van der Waals surface area contributed by atoms with Crippen LogP contribution in [0.5, 0.6) is 0 Å². The second-order valence-corrected chi connectivity index (χ2v) is 1.24. The lowest BCUT2D eigenvalue weighted by atomic mass is 10.5. The van der Waals surface area contributed by atoms with Crippen molar-refractivity contribution >= 4 is 28.0 Å². The Bertz CT molecular complexity index is 99.5. The Balaban J connectivity index is 0. The van der Waals surface area contributed by atoms with Crippen LogP contribution in [0.15, 0.2) is 0 Å². The normalized spacial score (nSPS) is 6.75. The molecule has 8 heavy (non-hydrogen) atoms. The van der Waals surface area contributed by atoms with E-state index in [1.807, 2.05) is 0 Å². The van der Waals surface area contributed by atoms with Gasteiger partial charge < -0.3 is 3.83 Å². The summed E-state index contributed by atoms with van der Waals surface area (Å²) in [6.45, 7) is 1.13. The monoisotopic (exact) mass is 182 g/mol. The van der Waals surface area contributed by atoms with Crippen LogP contribution in [0, 0.1) is 0 Å². The highest BCUT2D eigenvalue weighted by Gasteiger charge is 2.05. The van der Waals surface area contributed by atoms with Crippen molar-refractivity contribution in [3.8, 4) is 0 Å². The van der Waals surface area contributed by atoms with Crippen LogP contribution < -0.4 is 0 Å². The molecule has 0 atom stereocenters. The molecule has 0 aliphatic rings. The molecule has 0 aromatic rings. The lowest BCUT2D eigenvalue weighted by molar-refractivity contribution is -0.144. The summed E-state index contributed by atoms with van der Waals surface area (Å²) in [5.74, 6) is -1.49. The number of rotatable bonds is 1. The van der Waals surface area contributed by atoms with Crippen molar-refractivity contribution in [3.63, 3.8) is 0 Å². The second kappa shape index (κ2) is 4.77. The molecule has 0 N–H and O–H groups in total. The summed E-state index contributed by atoms with van der Waals surface area (Å²) in [5.41, 5.74) is 0. The number of Topliss-reactive ketones (excluding diaryl/α,β-unsaturated/α-hetero) is 1. The number of halogens is 1. The van der Waals surface area contributed by atoms with Gasteiger partial charge in [-0.15, -0.1) is 0 Å². The van der Waals surface area contributed by atoms with Gasteiger partial charge in [0.2, 0.25) is 5.78 Å². The maximum atomic E-state index is 9.89. The van der Waals surface area contributed by atoms with Crippen LogP contribution in [-0.2, 0) is 13.4 Å². The Morgan fingerprint density at radius 2 is 1.88 bits per heavy atom. The van der Waals surface area contributed by atoms with Crippen molar-refractivity contribution in [1.29, 1.82) is 0 Å². The van der Waals surface area contributed by atoms with Crippen molar-refractivity contribution < 1.29 is 13.4 Å². The summed E-state index contributed by atoms with van der Waals surface area (Å²) in [5, 5.41) is 0. The second-order valence-electron chi connectivity index (χ2n) is 0.921. The molecule has 0 aliphatic heterocycles. The predicted molar refractivity (Wildman–Crippen MR) is 32.4 cm³/mol. The fourth-order valence-electron chi connectivity index (χ4n) is 0.0543. The number of hydrogen-bond acceptors (Lipinski definition) is 3. The third-order valence-electron chi connectivity index (χ3n) is 0.358. The standard InChI is InChI=1S/C3H3BrO3.CH4/c1-2(5)3(6)7-4;/h1H3;1H4. The van der Waals surface area contributed by atoms with Gasteiger partial charge in [0, 0.05) is 6.92 Å². The molecule has 48 valence electrons. The minimum absolute atomic E-state index is 0. The Morgan fingerprint density at radius 1 is 1.50 bits per heavy atom. The zero-order valence-electron chi connectivity index (χ0n) is 3.60. The van der Waals surface area contributed by atoms with Gasteiger partial charge in [0.15, 0.2) is 16.3 Å². The molecular weight excluding hydrogens is 176 g/mol. The SMILES string of the molecule is C.CC(=O)C(=O)OBr. The average molecular weight is 183 g/mol. The van der Waals surface area contributed by atoms with E-state index in [2.05, 4.69) is 20.1 Å². The molecule has 3 nitrogen and oxygen atoms in total. The highest BCUT2D eigenvalue weighted by atomic mass is 79.9. The van der Waals surface area contributed by atoms with Crippen LogP contribution >= 0.6 is 16.3 Å². The van der Waals surface area contributed by atoms with Crippen LogP contribution in [0.4, 0.5) is 0 Å². The molecule has 0 aromatic carbocycles. The molecule has 0 radical (unpaired) electrons. The first-order valence-corrected chi connectivity index (χ1v) is 2.16. The summed E-state index contributed by atoms with van der Waals surface area (Å²) in [7, 11) is 0. The Hall–Kier alpha value is -0.380. The van der Waals surface area contributed by atoms with E-state index in [1.165, 1.54) is 0 Å². The van der Waals surface area contributed by atoms with Gasteiger partial charge in [-0.25, -0.2) is 4.79 Å². The van der Waals surface area contributed by atoms with Gasteiger partial charge in [0.05, 0.1) is 0 Å². The van der Waals surface area contributed by atoms with Gasteiger partial charge in [-0.1, -0.05) is 7.43 Å². The molecule has 0 fully saturated rings. The van der Waals surface area contributed by atoms with Gasteiger partial charge in [-0.3, -0.25) is 4.79 Å². The third kappa shape index (κ3) is 3.80. The quantitative estimate of drug-likeness (QED) is 0.571. The highest BCUT2D eigenvalue weighted by Crippen LogP contribution is 1.85. The zero-order valence-corrected chi connectivity index (χ0v) is 5.19. The van der Waals surface area contributed by atoms with Crippen LogP contribution in [0.1, 0.15) is 14.4 Å². The van der Waals surface area contributed by atoms with Crippen molar-refractivity contribution in [2.45, 2.75) is 14.4 Å². The maximum absolute atomic E-state index is 9.89. The van der Waals surface area contributed by atoms with E-state index in [4.69, 9.17) is 0 Å². The molecule has 0 aliphatic carbocycles. The molecular formula is C4H7BrO3. The van der Waals surface area contributed by atoms with E-state index >= 15 is 0 Å². The van der Waals surface area contributed by atoms with Crippen LogP contribution in [0.3, 0.4) is 0 Å². The Morgan fingerprint density at radius 3 is 1.88 bits per heavy atom. The molecule has 0 saturated heterocycles. The van der Waals surface area contributed by atoms with Gasteiger partial charge in [0.25, 0.3) is 0 Å². The summed E-state index contributed by atoms with van der Waals surface area (Å²) < 4.78 is 3.84. The molecule has 4 heteroatoms. The molecule has 0 heterocycles. The minimum Gasteiger partial charge on any atom is -0.378 e. The lowest BCUT2D eigenvalue weighted by Crippen LogP contribution is -2.07. The first-order valence-electron chi connectivity index (χ1n) is 1.52. The molecule has 0 saturated carbocycles. The molecule has 0 bridgehead atoms. The Labute approximate surface area is 56.5 Å². The predicted octanol–water partition coefficient (Wildman–Crippen LogP) is 1.06. The van der Waals surface area contributed by atoms with Crippen LogP contribution in [-0.4, -0.2) is 11.8 Å². The van der Waals surface area contributed by atoms with Gasteiger partial charge in [-0.2, -0.15) is 0 Å². The number of ketones is 1. The summed E-state index contributed by atoms with van der Waals surface area (Å²) >= 11 is 2.34. The first-order chi connectivity index (χ1) is 3.18. The molecule has 0 amide bonds. The molecule has 0 spiro atoms.